The average Bonchev–Trinajstić information content (AvgIpc) is 2.45. The zero-order valence-corrected chi connectivity index (χ0v) is 14.4. The van der Waals surface area contributed by atoms with E-state index in [1.165, 1.54) is 11.1 Å². The van der Waals surface area contributed by atoms with E-state index in [9.17, 15) is 0 Å². The molecule has 0 fully saturated rings. The summed E-state index contributed by atoms with van der Waals surface area (Å²) in [6.07, 6.45) is -0.123. The van der Waals surface area contributed by atoms with Crippen LogP contribution in [-0.2, 0) is 0 Å². The number of rotatable bonds is 5. The van der Waals surface area contributed by atoms with E-state index >= 15 is 0 Å². The molecule has 0 spiro atoms. The van der Waals surface area contributed by atoms with Crippen molar-refractivity contribution >= 4 is 15.9 Å². The summed E-state index contributed by atoms with van der Waals surface area (Å²) in [4.78, 5) is 0. The summed E-state index contributed by atoms with van der Waals surface area (Å²) in [5.74, 6) is 1.39. The third-order valence-electron chi connectivity index (χ3n) is 3.60. The predicted molar refractivity (Wildman–Crippen MR) is 91.8 cm³/mol. The topological polar surface area (TPSA) is 35.2 Å². The van der Waals surface area contributed by atoms with Gasteiger partial charge >= 0.3 is 0 Å². The lowest BCUT2D eigenvalue weighted by Gasteiger charge is -2.19. The van der Waals surface area contributed by atoms with Gasteiger partial charge in [0.1, 0.15) is 11.9 Å². The molecule has 0 aliphatic heterocycles. The minimum Gasteiger partial charge on any atom is -0.484 e. The fourth-order valence-corrected chi connectivity index (χ4v) is 2.73. The Morgan fingerprint density at radius 2 is 1.76 bits per heavy atom. The Morgan fingerprint density at radius 1 is 1.10 bits per heavy atom. The number of hydrogen-bond donors (Lipinski definition) is 1. The van der Waals surface area contributed by atoms with Crippen molar-refractivity contribution in [3.05, 3.63) is 63.6 Å². The predicted octanol–water partition coefficient (Wildman–Crippen LogP) is 4.96. The maximum Gasteiger partial charge on any atom is 0.136 e. The van der Waals surface area contributed by atoms with Crippen LogP contribution in [0.3, 0.4) is 0 Å². The van der Waals surface area contributed by atoms with Crippen LogP contribution in [0.15, 0.2) is 46.9 Å². The molecular formula is C18H22BrNO. The van der Waals surface area contributed by atoms with Gasteiger partial charge in [0.2, 0.25) is 0 Å². The summed E-state index contributed by atoms with van der Waals surface area (Å²) in [5, 5.41) is 0. The van der Waals surface area contributed by atoms with E-state index in [1.807, 2.05) is 30.3 Å². The fraction of sp³-hybridized carbons (Fsp3) is 0.333. The van der Waals surface area contributed by atoms with Crippen molar-refractivity contribution in [3.8, 4) is 5.75 Å². The highest BCUT2D eigenvalue weighted by Gasteiger charge is 2.12. The lowest BCUT2D eigenvalue weighted by atomic mass is 9.98. The van der Waals surface area contributed by atoms with Crippen LogP contribution in [0, 0.1) is 6.92 Å². The zero-order valence-electron chi connectivity index (χ0n) is 12.8. The molecule has 2 aromatic rings. The van der Waals surface area contributed by atoms with E-state index in [0.29, 0.717) is 12.5 Å². The van der Waals surface area contributed by atoms with Crippen LogP contribution in [0.1, 0.15) is 42.6 Å². The Balaban J connectivity index is 2.19. The zero-order chi connectivity index (χ0) is 15.4. The highest BCUT2D eigenvalue weighted by molar-refractivity contribution is 9.10. The molecule has 21 heavy (non-hydrogen) atoms. The quantitative estimate of drug-likeness (QED) is 0.829. The molecule has 0 amide bonds. The molecule has 2 aromatic carbocycles. The number of halogens is 1. The molecule has 3 heteroatoms. The Bertz CT molecular complexity index is 593. The van der Waals surface area contributed by atoms with Gasteiger partial charge in [0, 0.05) is 11.0 Å². The standard InChI is InChI=1S/C18H22BrNO/c1-12(2)17-9-8-16(10-13(17)3)21-18(11-20)14-4-6-15(19)7-5-14/h4-10,12,18H,11,20H2,1-3H3. The lowest BCUT2D eigenvalue weighted by Crippen LogP contribution is -2.18. The Labute approximate surface area is 135 Å². The van der Waals surface area contributed by atoms with Gasteiger partial charge in [-0.05, 0) is 53.8 Å². The second-order valence-corrected chi connectivity index (χ2v) is 6.48. The molecule has 0 aliphatic carbocycles. The van der Waals surface area contributed by atoms with Gasteiger partial charge in [-0.25, -0.2) is 0 Å². The first-order chi connectivity index (χ1) is 10.0. The van der Waals surface area contributed by atoms with E-state index in [4.69, 9.17) is 10.5 Å². The molecule has 0 aromatic heterocycles. The van der Waals surface area contributed by atoms with Crippen LogP contribution in [0.2, 0.25) is 0 Å². The van der Waals surface area contributed by atoms with Crippen molar-refractivity contribution in [2.45, 2.75) is 32.8 Å². The summed E-state index contributed by atoms with van der Waals surface area (Å²) in [6.45, 7) is 6.98. The molecule has 1 unspecified atom stereocenters. The third-order valence-corrected chi connectivity index (χ3v) is 4.13. The molecule has 0 saturated carbocycles. The fourth-order valence-electron chi connectivity index (χ4n) is 2.46. The van der Waals surface area contributed by atoms with Gasteiger partial charge in [-0.3, -0.25) is 0 Å². The summed E-state index contributed by atoms with van der Waals surface area (Å²) in [5.41, 5.74) is 9.57. The van der Waals surface area contributed by atoms with Gasteiger partial charge in [-0.2, -0.15) is 0 Å². The Kier molecular flexibility index (Phi) is 5.43. The maximum absolute atomic E-state index is 6.06. The second kappa shape index (κ2) is 7.10. The summed E-state index contributed by atoms with van der Waals surface area (Å²) in [7, 11) is 0. The minimum absolute atomic E-state index is 0.123. The second-order valence-electron chi connectivity index (χ2n) is 5.57. The van der Waals surface area contributed by atoms with Crippen molar-refractivity contribution in [1.29, 1.82) is 0 Å². The monoisotopic (exact) mass is 347 g/mol. The smallest absolute Gasteiger partial charge is 0.136 e. The van der Waals surface area contributed by atoms with E-state index in [1.54, 1.807) is 0 Å². The highest BCUT2D eigenvalue weighted by Crippen LogP contribution is 2.27. The molecule has 2 rings (SSSR count). The van der Waals surface area contributed by atoms with Gasteiger partial charge in [0.25, 0.3) is 0 Å². The summed E-state index contributed by atoms with van der Waals surface area (Å²) in [6, 6.07) is 14.4. The molecule has 0 bridgehead atoms. The van der Waals surface area contributed by atoms with E-state index in [0.717, 1.165) is 15.8 Å². The van der Waals surface area contributed by atoms with Gasteiger partial charge in [0.05, 0.1) is 0 Å². The third kappa shape index (κ3) is 4.08. The van der Waals surface area contributed by atoms with E-state index in [-0.39, 0.29) is 6.10 Å². The maximum atomic E-state index is 6.06. The highest BCUT2D eigenvalue weighted by atomic mass is 79.9. The number of ether oxygens (including phenoxy) is 1. The number of benzene rings is 2. The number of aryl methyl sites for hydroxylation is 1. The van der Waals surface area contributed by atoms with Gasteiger partial charge in [-0.1, -0.05) is 48.0 Å². The molecular weight excluding hydrogens is 326 g/mol. The molecule has 1 atom stereocenters. The Morgan fingerprint density at radius 3 is 2.29 bits per heavy atom. The minimum atomic E-state index is -0.123. The number of hydrogen-bond acceptors (Lipinski definition) is 2. The van der Waals surface area contributed by atoms with Crippen molar-refractivity contribution in [2.24, 2.45) is 5.73 Å². The van der Waals surface area contributed by atoms with Gasteiger partial charge in [0.15, 0.2) is 0 Å². The summed E-state index contributed by atoms with van der Waals surface area (Å²) < 4.78 is 7.12. The molecule has 0 radical (unpaired) electrons. The van der Waals surface area contributed by atoms with Crippen LogP contribution in [0.25, 0.3) is 0 Å². The SMILES string of the molecule is Cc1cc(OC(CN)c2ccc(Br)cc2)ccc1C(C)C. The average molecular weight is 348 g/mol. The van der Waals surface area contributed by atoms with Crippen LogP contribution in [0.5, 0.6) is 5.75 Å². The molecule has 2 nitrogen and oxygen atoms in total. The van der Waals surface area contributed by atoms with Crippen LogP contribution >= 0.6 is 15.9 Å². The summed E-state index contributed by atoms with van der Waals surface area (Å²) >= 11 is 3.44. The molecule has 0 saturated heterocycles. The van der Waals surface area contributed by atoms with E-state index in [2.05, 4.69) is 48.8 Å². The van der Waals surface area contributed by atoms with Crippen LogP contribution < -0.4 is 10.5 Å². The molecule has 2 N–H and O–H groups in total. The lowest BCUT2D eigenvalue weighted by molar-refractivity contribution is 0.214. The first-order valence-electron chi connectivity index (χ1n) is 7.24. The van der Waals surface area contributed by atoms with Crippen LogP contribution in [-0.4, -0.2) is 6.54 Å². The largest absolute Gasteiger partial charge is 0.484 e. The van der Waals surface area contributed by atoms with Crippen molar-refractivity contribution in [1.82, 2.24) is 0 Å². The Hall–Kier alpha value is -1.32. The molecule has 0 heterocycles. The number of nitrogens with two attached hydrogens (primary N) is 1. The van der Waals surface area contributed by atoms with Crippen molar-refractivity contribution in [3.63, 3.8) is 0 Å². The molecule has 112 valence electrons. The van der Waals surface area contributed by atoms with Crippen molar-refractivity contribution < 1.29 is 4.74 Å². The normalized spacial score (nSPS) is 12.5. The van der Waals surface area contributed by atoms with Crippen LogP contribution in [0.4, 0.5) is 0 Å². The van der Waals surface area contributed by atoms with Crippen molar-refractivity contribution in [2.75, 3.05) is 6.54 Å². The van der Waals surface area contributed by atoms with E-state index < -0.39 is 0 Å². The van der Waals surface area contributed by atoms with Gasteiger partial charge < -0.3 is 10.5 Å². The first kappa shape index (κ1) is 16.1. The van der Waals surface area contributed by atoms with Gasteiger partial charge in [-0.15, -0.1) is 0 Å². The molecule has 0 aliphatic rings. The first-order valence-corrected chi connectivity index (χ1v) is 8.03.